The van der Waals surface area contributed by atoms with Crippen LogP contribution in [-0.4, -0.2) is 51.2 Å². The highest BCUT2D eigenvalue weighted by atomic mass is 19.1. The number of morpholine rings is 1. The van der Waals surface area contributed by atoms with Gasteiger partial charge in [-0.1, -0.05) is 24.3 Å². The van der Waals surface area contributed by atoms with Crippen molar-refractivity contribution in [3.63, 3.8) is 0 Å². The molecule has 7 nitrogen and oxygen atoms in total. The fourth-order valence-corrected chi connectivity index (χ4v) is 4.53. The number of aliphatic hydroxyl groups is 1. The van der Waals surface area contributed by atoms with E-state index in [1.807, 2.05) is 17.0 Å². The maximum Gasteiger partial charge on any atom is 0.254 e. The van der Waals surface area contributed by atoms with Gasteiger partial charge in [-0.15, -0.1) is 0 Å². The van der Waals surface area contributed by atoms with Crippen LogP contribution in [0, 0.1) is 5.82 Å². The number of carbonyl (C=O) groups is 1. The van der Waals surface area contributed by atoms with Crippen LogP contribution >= 0.6 is 0 Å². The maximum absolute atomic E-state index is 15.3. The Morgan fingerprint density at radius 1 is 1.18 bits per heavy atom. The zero-order chi connectivity index (χ0) is 23.6. The summed E-state index contributed by atoms with van der Waals surface area (Å²) in [4.78, 5) is 23.1. The largest absolute Gasteiger partial charge is 0.452 e. The Bertz CT molecular complexity index is 1420. The molecule has 1 N–H and O–H groups in total. The number of amides is 1. The van der Waals surface area contributed by atoms with E-state index in [0.717, 1.165) is 5.56 Å². The summed E-state index contributed by atoms with van der Waals surface area (Å²) in [7, 11) is 0. The minimum absolute atomic E-state index is 0.00368. The molecular formula is C26H22FN3O4. The molecule has 0 bridgehead atoms. The van der Waals surface area contributed by atoms with Crippen LogP contribution in [0.2, 0.25) is 0 Å². The van der Waals surface area contributed by atoms with Crippen molar-refractivity contribution in [2.75, 3.05) is 13.2 Å². The number of furan rings is 1. The third kappa shape index (κ3) is 3.21. The first kappa shape index (κ1) is 20.9. The van der Waals surface area contributed by atoms with E-state index in [4.69, 9.17) is 9.15 Å². The molecule has 2 aliphatic rings. The topological polar surface area (TPSA) is 88.7 Å². The second-order valence-corrected chi connectivity index (χ2v) is 9.25. The van der Waals surface area contributed by atoms with Crippen molar-refractivity contribution in [3.05, 3.63) is 71.8 Å². The van der Waals surface area contributed by atoms with Gasteiger partial charge in [0.2, 0.25) is 0 Å². The molecule has 0 spiro atoms. The number of aromatic nitrogens is 2. The van der Waals surface area contributed by atoms with Gasteiger partial charge >= 0.3 is 0 Å². The zero-order valence-electron chi connectivity index (χ0n) is 18.7. The van der Waals surface area contributed by atoms with E-state index in [9.17, 15) is 9.90 Å². The van der Waals surface area contributed by atoms with Gasteiger partial charge in [0, 0.05) is 34.9 Å². The smallest absolute Gasteiger partial charge is 0.254 e. The Kier molecular flexibility index (Phi) is 4.59. The maximum atomic E-state index is 15.3. The first-order chi connectivity index (χ1) is 16.3. The SMILES string of the molecule is CC(C)(O)c1cccc(-c2ncnc3cc(-c4ccc(C(=O)N5CC6OCC65)cc4)oc23)c1F. The third-order valence-electron chi connectivity index (χ3n) is 6.59. The highest BCUT2D eigenvalue weighted by molar-refractivity contribution is 5.96. The van der Waals surface area contributed by atoms with Crippen molar-refractivity contribution in [1.29, 1.82) is 0 Å². The van der Waals surface area contributed by atoms with Gasteiger partial charge in [0.1, 0.15) is 29.1 Å². The summed E-state index contributed by atoms with van der Waals surface area (Å²) in [6.07, 6.45) is 1.56. The lowest BCUT2D eigenvalue weighted by Crippen LogP contribution is -2.71. The van der Waals surface area contributed by atoms with Crippen LogP contribution in [0.15, 0.2) is 59.3 Å². The second-order valence-electron chi connectivity index (χ2n) is 9.25. The Morgan fingerprint density at radius 2 is 1.97 bits per heavy atom. The zero-order valence-corrected chi connectivity index (χ0v) is 18.7. The number of halogens is 1. The van der Waals surface area contributed by atoms with Crippen LogP contribution in [-0.2, 0) is 10.3 Å². The molecule has 2 aromatic heterocycles. The van der Waals surface area contributed by atoms with E-state index in [0.29, 0.717) is 41.3 Å². The summed E-state index contributed by atoms with van der Waals surface area (Å²) in [5.41, 5.74) is 1.61. The van der Waals surface area contributed by atoms with E-state index in [1.165, 1.54) is 20.2 Å². The molecule has 0 radical (unpaired) electrons. The number of carbonyl (C=O) groups excluding carboxylic acids is 1. The molecule has 2 unspecified atom stereocenters. The molecule has 6 rings (SSSR count). The number of hydrogen-bond acceptors (Lipinski definition) is 6. The summed E-state index contributed by atoms with van der Waals surface area (Å²) in [6, 6.07) is 14.0. The number of fused-ring (bicyclic) bond motifs is 2. The Balaban J connectivity index is 1.34. The average molecular weight is 459 g/mol. The first-order valence-electron chi connectivity index (χ1n) is 11.1. The van der Waals surface area contributed by atoms with Crippen molar-refractivity contribution >= 4 is 17.0 Å². The molecule has 1 amide bonds. The first-order valence-corrected chi connectivity index (χ1v) is 11.1. The molecule has 4 heterocycles. The van der Waals surface area contributed by atoms with E-state index in [-0.39, 0.29) is 29.2 Å². The van der Waals surface area contributed by atoms with Crippen molar-refractivity contribution in [2.45, 2.75) is 31.6 Å². The standard InChI is InChI=1S/C26H22FN3O4/c1-26(2,32)17-5-3-4-16(22(17)27)23-24-18(28-13-29-23)10-20(34-24)14-6-8-15(9-7-14)25(31)30-11-21-19(30)12-33-21/h3-10,13,19,21,32H,11-12H2,1-2H3. The van der Waals surface area contributed by atoms with Gasteiger partial charge in [-0.05, 0) is 32.0 Å². The number of rotatable bonds is 4. The van der Waals surface area contributed by atoms with Gasteiger partial charge in [0.05, 0.1) is 24.4 Å². The lowest BCUT2D eigenvalue weighted by Gasteiger charge is -2.54. The van der Waals surface area contributed by atoms with Crippen LogP contribution in [0.25, 0.3) is 33.7 Å². The van der Waals surface area contributed by atoms with E-state index >= 15 is 4.39 Å². The van der Waals surface area contributed by atoms with Gasteiger partial charge in [0.25, 0.3) is 5.91 Å². The summed E-state index contributed by atoms with van der Waals surface area (Å²) in [5, 5.41) is 10.3. The Hall–Kier alpha value is -3.62. The monoisotopic (exact) mass is 459 g/mol. The molecule has 2 aliphatic heterocycles. The van der Waals surface area contributed by atoms with Gasteiger partial charge in [-0.25, -0.2) is 14.4 Å². The fourth-order valence-electron chi connectivity index (χ4n) is 4.53. The highest BCUT2D eigenvalue weighted by Crippen LogP contribution is 2.36. The van der Waals surface area contributed by atoms with Crippen molar-refractivity contribution in [2.24, 2.45) is 0 Å². The van der Waals surface area contributed by atoms with Crippen LogP contribution in [0.3, 0.4) is 0 Å². The molecule has 4 aromatic rings. The summed E-state index contributed by atoms with van der Waals surface area (Å²) < 4.78 is 26.7. The van der Waals surface area contributed by atoms with Gasteiger partial charge < -0.3 is 19.2 Å². The predicted octanol–water partition coefficient (Wildman–Crippen LogP) is 4.15. The predicted molar refractivity (Wildman–Crippen MR) is 122 cm³/mol. The summed E-state index contributed by atoms with van der Waals surface area (Å²) in [6.45, 7) is 4.31. The number of ether oxygens (including phenoxy) is 1. The van der Waals surface area contributed by atoms with Crippen LogP contribution in [0.4, 0.5) is 4.39 Å². The average Bonchev–Trinajstić information content (AvgIpc) is 3.24. The van der Waals surface area contributed by atoms with Gasteiger partial charge in [-0.3, -0.25) is 4.79 Å². The van der Waals surface area contributed by atoms with Gasteiger partial charge in [-0.2, -0.15) is 0 Å². The number of benzene rings is 2. The molecule has 0 aliphatic carbocycles. The number of nitrogens with zero attached hydrogens (tertiary/aromatic N) is 3. The summed E-state index contributed by atoms with van der Waals surface area (Å²) >= 11 is 0. The lowest BCUT2D eigenvalue weighted by atomic mass is 9.93. The summed E-state index contributed by atoms with van der Waals surface area (Å²) in [5.74, 6) is -0.0249. The quantitative estimate of drug-likeness (QED) is 0.493. The molecule has 34 heavy (non-hydrogen) atoms. The van der Waals surface area contributed by atoms with Crippen molar-refractivity contribution < 1.29 is 23.4 Å². The molecule has 2 fully saturated rings. The molecule has 8 heteroatoms. The van der Waals surface area contributed by atoms with Crippen molar-refractivity contribution in [3.8, 4) is 22.6 Å². The number of likely N-dealkylation sites (tertiary alicyclic amines) is 1. The molecule has 2 saturated heterocycles. The lowest BCUT2D eigenvalue weighted by molar-refractivity contribution is -0.195. The Morgan fingerprint density at radius 3 is 2.62 bits per heavy atom. The minimum atomic E-state index is -1.34. The highest BCUT2D eigenvalue weighted by Gasteiger charge is 2.49. The molecule has 172 valence electrons. The fraction of sp³-hybridized carbons (Fsp3) is 0.269. The molecule has 2 aromatic carbocycles. The van der Waals surface area contributed by atoms with Gasteiger partial charge in [0.15, 0.2) is 5.58 Å². The molecular weight excluding hydrogens is 437 g/mol. The number of hydrogen-bond donors (Lipinski definition) is 1. The van der Waals surface area contributed by atoms with Crippen LogP contribution < -0.4 is 0 Å². The van der Waals surface area contributed by atoms with Crippen molar-refractivity contribution in [1.82, 2.24) is 14.9 Å². The third-order valence-corrected chi connectivity index (χ3v) is 6.59. The van der Waals surface area contributed by atoms with Crippen LogP contribution in [0.1, 0.15) is 29.8 Å². The molecule has 2 atom stereocenters. The normalized spacial score (nSPS) is 19.5. The molecule has 0 saturated carbocycles. The minimum Gasteiger partial charge on any atom is -0.452 e. The van der Waals surface area contributed by atoms with Crippen LogP contribution in [0.5, 0.6) is 0 Å². The second kappa shape index (κ2) is 7.44. The van der Waals surface area contributed by atoms with E-state index in [1.54, 1.807) is 36.4 Å². The van der Waals surface area contributed by atoms with E-state index in [2.05, 4.69) is 9.97 Å². The van der Waals surface area contributed by atoms with E-state index < -0.39 is 11.4 Å². The Labute approximate surface area is 194 Å².